The second kappa shape index (κ2) is 3.51. The van der Waals surface area contributed by atoms with E-state index in [1.165, 1.54) is 6.20 Å². The van der Waals surface area contributed by atoms with Crippen LogP contribution in [-0.4, -0.2) is 0 Å². The van der Waals surface area contributed by atoms with E-state index in [-0.39, 0.29) is 0 Å². The minimum Gasteiger partial charge on any atom is -0.403 e. The minimum absolute atomic E-state index is 0.737. The molecule has 1 rings (SSSR count). The standard InChI is InChI=1S/C8H11N3/c9-4-5-11-8-3-1-2-7(10)6-8/h1-6,11H,9-10H2. The van der Waals surface area contributed by atoms with Crippen molar-refractivity contribution in [2.45, 2.75) is 0 Å². The monoisotopic (exact) mass is 149 g/mol. The number of nitrogen functional groups attached to an aromatic ring is 1. The van der Waals surface area contributed by atoms with Gasteiger partial charge in [-0.2, -0.15) is 0 Å². The van der Waals surface area contributed by atoms with E-state index in [9.17, 15) is 0 Å². The molecule has 1 aromatic rings. The number of hydrogen-bond donors (Lipinski definition) is 3. The van der Waals surface area contributed by atoms with Gasteiger partial charge in [-0.25, -0.2) is 0 Å². The second-order valence-corrected chi connectivity index (χ2v) is 2.13. The molecule has 0 atom stereocenters. The zero-order valence-electron chi connectivity index (χ0n) is 6.12. The Morgan fingerprint density at radius 1 is 1.36 bits per heavy atom. The summed E-state index contributed by atoms with van der Waals surface area (Å²) >= 11 is 0. The van der Waals surface area contributed by atoms with Crippen molar-refractivity contribution in [3.05, 3.63) is 36.7 Å². The summed E-state index contributed by atoms with van der Waals surface area (Å²) in [5, 5.41) is 2.95. The molecule has 0 unspecified atom stereocenters. The summed E-state index contributed by atoms with van der Waals surface area (Å²) in [6.07, 6.45) is 3.08. The molecule has 0 bridgehead atoms. The zero-order chi connectivity index (χ0) is 8.10. The third-order valence-corrected chi connectivity index (χ3v) is 1.23. The van der Waals surface area contributed by atoms with E-state index in [1.54, 1.807) is 6.20 Å². The van der Waals surface area contributed by atoms with E-state index in [2.05, 4.69) is 5.32 Å². The first-order chi connectivity index (χ1) is 5.33. The van der Waals surface area contributed by atoms with Gasteiger partial charge in [0.15, 0.2) is 0 Å². The Morgan fingerprint density at radius 3 is 2.82 bits per heavy atom. The largest absolute Gasteiger partial charge is 0.403 e. The summed E-state index contributed by atoms with van der Waals surface area (Å²) in [5.74, 6) is 0. The van der Waals surface area contributed by atoms with Gasteiger partial charge < -0.3 is 16.8 Å². The maximum absolute atomic E-state index is 5.53. The molecule has 0 aliphatic heterocycles. The summed E-state index contributed by atoms with van der Waals surface area (Å²) < 4.78 is 0. The quantitative estimate of drug-likeness (QED) is 0.552. The van der Waals surface area contributed by atoms with Crippen LogP contribution in [0, 0.1) is 0 Å². The Morgan fingerprint density at radius 2 is 2.18 bits per heavy atom. The number of rotatable bonds is 2. The highest BCUT2D eigenvalue weighted by Crippen LogP contribution is 2.10. The van der Waals surface area contributed by atoms with E-state index < -0.39 is 0 Å². The van der Waals surface area contributed by atoms with Gasteiger partial charge in [0.2, 0.25) is 0 Å². The maximum atomic E-state index is 5.53. The van der Waals surface area contributed by atoms with Crippen LogP contribution < -0.4 is 16.8 Å². The summed E-state index contributed by atoms with van der Waals surface area (Å²) in [5.41, 5.74) is 12.3. The molecular weight excluding hydrogens is 138 g/mol. The Kier molecular flexibility index (Phi) is 2.38. The second-order valence-electron chi connectivity index (χ2n) is 2.13. The molecule has 0 heterocycles. The van der Waals surface area contributed by atoms with E-state index in [0.29, 0.717) is 0 Å². The van der Waals surface area contributed by atoms with Crippen molar-refractivity contribution < 1.29 is 0 Å². The van der Waals surface area contributed by atoms with Crippen LogP contribution in [0.25, 0.3) is 0 Å². The van der Waals surface area contributed by atoms with E-state index in [0.717, 1.165) is 11.4 Å². The molecule has 0 spiro atoms. The van der Waals surface area contributed by atoms with Crippen molar-refractivity contribution in [2.24, 2.45) is 5.73 Å². The van der Waals surface area contributed by atoms with Gasteiger partial charge in [-0.3, -0.25) is 0 Å². The van der Waals surface area contributed by atoms with Gasteiger partial charge in [-0.05, 0) is 18.2 Å². The lowest BCUT2D eigenvalue weighted by molar-refractivity contribution is 1.51. The topological polar surface area (TPSA) is 64.1 Å². The molecule has 0 amide bonds. The van der Waals surface area contributed by atoms with Gasteiger partial charge in [0.1, 0.15) is 0 Å². The minimum atomic E-state index is 0.737. The van der Waals surface area contributed by atoms with Gasteiger partial charge >= 0.3 is 0 Å². The van der Waals surface area contributed by atoms with Crippen molar-refractivity contribution in [1.29, 1.82) is 0 Å². The van der Waals surface area contributed by atoms with Crippen LogP contribution in [0.15, 0.2) is 36.7 Å². The summed E-state index contributed by atoms with van der Waals surface area (Å²) in [4.78, 5) is 0. The highest BCUT2D eigenvalue weighted by atomic mass is 14.8. The number of nitrogens with two attached hydrogens (primary N) is 2. The third kappa shape index (κ3) is 2.21. The fraction of sp³-hybridized carbons (Fsp3) is 0. The lowest BCUT2D eigenvalue weighted by Crippen LogP contribution is -1.91. The van der Waals surface area contributed by atoms with Crippen molar-refractivity contribution in [1.82, 2.24) is 0 Å². The van der Waals surface area contributed by atoms with Crippen LogP contribution in [0.2, 0.25) is 0 Å². The summed E-state index contributed by atoms with van der Waals surface area (Å²) in [6.45, 7) is 0. The van der Waals surface area contributed by atoms with E-state index in [4.69, 9.17) is 11.5 Å². The normalized spacial score (nSPS) is 10.2. The average Bonchev–Trinajstić information content (AvgIpc) is 2.01. The number of nitrogens with one attached hydrogen (secondary N) is 1. The molecular formula is C8H11N3. The van der Waals surface area contributed by atoms with E-state index >= 15 is 0 Å². The smallest absolute Gasteiger partial charge is 0.0400 e. The maximum Gasteiger partial charge on any atom is 0.0400 e. The Bertz CT molecular complexity index is 255. The molecule has 58 valence electrons. The Balaban J connectivity index is 2.71. The number of anilines is 2. The molecule has 0 aliphatic rings. The van der Waals surface area contributed by atoms with Crippen LogP contribution in [0.1, 0.15) is 0 Å². The molecule has 0 fully saturated rings. The van der Waals surface area contributed by atoms with Crippen LogP contribution in [0.4, 0.5) is 11.4 Å². The van der Waals surface area contributed by atoms with Crippen molar-refractivity contribution >= 4 is 11.4 Å². The lowest BCUT2D eigenvalue weighted by Gasteiger charge is -1.99. The summed E-state index contributed by atoms with van der Waals surface area (Å²) in [6, 6.07) is 7.45. The third-order valence-electron chi connectivity index (χ3n) is 1.23. The Hall–Kier alpha value is -1.64. The van der Waals surface area contributed by atoms with E-state index in [1.807, 2.05) is 24.3 Å². The highest BCUT2D eigenvalue weighted by Gasteiger charge is 1.86. The predicted molar refractivity (Wildman–Crippen MR) is 47.8 cm³/mol. The molecule has 0 radical (unpaired) electrons. The molecule has 1 aromatic carbocycles. The first kappa shape index (κ1) is 7.47. The van der Waals surface area contributed by atoms with Crippen LogP contribution >= 0.6 is 0 Å². The molecule has 0 saturated heterocycles. The van der Waals surface area contributed by atoms with Crippen molar-refractivity contribution in [2.75, 3.05) is 11.1 Å². The molecule has 0 aromatic heterocycles. The Labute approximate surface area is 65.7 Å². The van der Waals surface area contributed by atoms with Gasteiger partial charge in [0.05, 0.1) is 0 Å². The molecule has 3 nitrogen and oxygen atoms in total. The summed E-state index contributed by atoms with van der Waals surface area (Å²) in [7, 11) is 0. The molecule has 11 heavy (non-hydrogen) atoms. The first-order valence-electron chi connectivity index (χ1n) is 3.32. The van der Waals surface area contributed by atoms with Crippen LogP contribution in [0.3, 0.4) is 0 Å². The van der Waals surface area contributed by atoms with Crippen LogP contribution in [0.5, 0.6) is 0 Å². The molecule has 0 saturated carbocycles. The fourth-order valence-electron chi connectivity index (χ4n) is 0.773. The fourth-order valence-corrected chi connectivity index (χ4v) is 0.773. The predicted octanol–water partition coefficient (Wildman–Crippen LogP) is 1.11. The first-order valence-corrected chi connectivity index (χ1v) is 3.32. The molecule has 0 aliphatic carbocycles. The lowest BCUT2D eigenvalue weighted by atomic mass is 10.3. The number of benzene rings is 1. The number of hydrogen-bond acceptors (Lipinski definition) is 3. The molecule has 3 heteroatoms. The van der Waals surface area contributed by atoms with Crippen molar-refractivity contribution in [3.63, 3.8) is 0 Å². The van der Waals surface area contributed by atoms with Crippen molar-refractivity contribution in [3.8, 4) is 0 Å². The van der Waals surface area contributed by atoms with Gasteiger partial charge in [0.25, 0.3) is 0 Å². The molecule has 5 N–H and O–H groups in total. The average molecular weight is 149 g/mol. The zero-order valence-corrected chi connectivity index (χ0v) is 6.12. The van der Waals surface area contributed by atoms with Gasteiger partial charge in [0, 0.05) is 23.8 Å². The van der Waals surface area contributed by atoms with Gasteiger partial charge in [-0.15, -0.1) is 0 Å². The SMILES string of the molecule is NC=CNc1cccc(N)c1. The van der Waals surface area contributed by atoms with Crippen LogP contribution in [-0.2, 0) is 0 Å². The van der Waals surface area contributed by atoms with Gasteiger partial charge in [-0.1, -0.05) is 6.07 Å². The highest BCUT2D eigenvalue weighted by molar-refractivity contribution is 5.55.